The zero-order chi connectivity index (χ0) is 35.2. The Balaban J connectivity index is 4.10. The van der Waals surface area contributed by atoms with E-state index in [0.717, 1.165) is 51.4 Å². The van der Waals surface area contributed by atoms with E-state index in [9.17, 15) is 14.4 Å². The minimum atomic E-state index is -0.762. The van der Waals surface area contributed by atoms with Crippen molar-refractivity contribution in [2.45, 2.75) is 232 Å². The third-order valence-corrected chi connectivity index (χ3v) is 9.78. The van der Waals surface area contributed by atoms with Crippen LogP contribution in [-0.4, -0.2) is 22.6 Å². The molecule has 0 aliphatic rings. The molecule has 0 spiro atoms. The minimum Gasteiger partial charge on any atom is -0.481 e. The molecule has 0 aromatic heterocycles. The molecule has 0 aliphatic heterocycles. The van der Waals surface area contributed by atoms with Crippen molar-refractivity contribution >= 4 is 17.5 Å². The van der Waals surface area contributed by atoms with Gasteiger partial charge >= 0.3 is 5.97 Å². The summed E-state index contributed by atoms with van der Waals surface area (Å²) in [5, 5.41) is 8.92. The molecule has 48 heavy (non-hydrogen) atoms. The number of hydrogen-bond acceptors (Lipinski definition) is 3. The maximum atomic E-state index is 13.1. The summed E-state index contributed by atoms with van der Waals surface area (Å²) in [5.74, 6) is -0.450. The highest BCUT2D eigenvalue weighted by atomic mass is 16.4. The predicted molar refractivity (Wildman–Crippen MR) is 208 cm³/mol. The molecule has 1 unspecified atom stereocenters. The first kappa shape index (κ1) is 46.3. The van der Waals surface area contributed by atoms with Crippen LogP contribution in [0.4, 0.5) is 0 Å². The Morgan fingerprint density at radius 3 is 1.23 bits per heavy atom. The van der Waals surface area contributed by atoms with Crippen molar-refractivity contribution in [1.82, 2.24) is 0 Å². The average molecular weight is 673 g/mol. The Bertz CT molecular complexity index is 783. The Morgan fingerprint density at radius 2 is 0.792 bits per heavy atom. The zero-order valence-corrected chi connectivity index (χ0v) is 32.1. The van der Waals surface area contributed by atoms with Gasteiger partial charge in [0, 0.05) is 31.6 Å². The summed E-state index contributed by atoms with van der Waals surface area (Å²) in [6.07, 6.45) is 46.5. The van der Waals surface area contributed by atoms with Crippen molar-refractivity contribution in [3.05, 3.63) is 24.3 Å². The number of carboxylic acids is 1. The lowest BCUT2D eigenvalue weighted by Crippen LogP contribution is -2.19. The molecule has 0 fully saturated rings. The lowest BCUT2D eigenvalue weighted by molar-refractivity contribution is -0.137. The molecule has 4 heteroatoms. The van der Waals surface area contributed by atoms with Crippen LogP contribution in [0, 0.1) is 5.92 Å². The minimum absolute atomic E-state index is 0.178. The van der Waals surface area contributed by atoms with Crippen molar-refractivity contribution in [3.8, 4) is 0 Å². The van der Waals surface area contributed by atoms with Crippen LogP contribution in [0.15, 0.2) is 24.3 Å². The molecule has 0 aliphatic carbocycles. The van der Waals surface area contributed by atoms with Gasteiger partial charge in [0.05, 0.1) is 0 Å². The highest BCUT2D eigenvalue weighted by Crippen LogP contribution is 2.21. The molecule has 0 aromatic rings. The van der Waals surface area contributed by atoms with Gasteiger partial charge < -0.3 is 5.11 Å². The van der Waals surface area contributed by atoms with E-state index in [0.29, 0.717) is 25.7 Å². The first-order chi connectivity index (χ1) is 23.5. The number of rotatable bonds is 39. The van der Waals surface area contributed by atoms with Crippen LogP contribution in [0.3, 0.4) is 0 Å². The first-order valence-corrected chi connectivity index (χ1v) is 21.1. The van der Waals surface area contributed by atoms with Crippen LogP contribution < -0.4 is 0 Å². The maximum Gasteiger partial charge on any atom is 0.303 e. The van der Waals surface area contributed by atoms with E-state index in [1.807, 2.05) is 0 Å². The monoisotopic (exact) mass is 673 g/mol. The number of hydrogen-bond donors (Lipinski definition) is 1. The summed E-state index contributed by atoms with van der Waals surface area (Å²) in [6.45, 7) is 4.53. The lowest BCUT2D eigenvalue weighted by atomic mass is 9.88. The lowest BCUT2D eigenvalue weighted by Gasteiger charge is -2.15. The Kier molecular flexibility index (Phi) is 36.7. The summed E-state index contributed by atoms with van der Waals surface area (Å²) >= 11 is 0. The van der Waals surface area contributed by atoms with Crippen LogP contribution in [0.2, 0.25) is 0 Å². The van der Waals surface area contributed by atoms with Gasteiger partial charge in [-0.15, -0.1) is 0 Å². The van der Waals surface area contributed by atoms with E-state index in [1.165, 1.54) is 135 Å². The summed E-state index contributed by atoms with van der Waals surface area (Å²) < 4.78 is 0. The molecule has 0 saturated heterocycles. The van der Waals surface area contributed by atoms with Gasteiger partial charge in [0.25, 0.3) is 0 Å². The fourth-order valence-electron chi connectivity index (χ4n) is 6.56. The quantitative estimate of drug-likeness (QED) is 0.0521. The highest BCUT2D eigenvalue weighted by molar-refractivity contribution is 5.87. The molecule has 1 atom stereocenters. The smallest absolute Gasteiger partial charge is 0.303 e. The van der Waals surface area contributed by atoms with E-state index in [1.54, 1.807) is 0 Å². The van der Waals surface area contributed by atoms with Gasteiger partial charge in [-0.05, 0) is 77.0 Å². The van der Waals surface area contributed by atoms with Crippen molar-refractivity contribution < 1.29 is 19.5 Å². The van der Waals surface area contributed by atoms with E-state index in [2.05, 4.69) is 38.2 Å². The van der Waals surface area contributed by atoms with Crippen molar-refractivity contribution in [2.75, 3.05) is 0 Å². The van der Waals surface area contributed by atoms with Crippen LogP contribution in [0.25, 0.3) is 0 Å². The van der Waals surface area contributed by atoms with Gasteiger partial charge in [-0.3, -0.25) is 14.4 Å². The van der Waals surface area contributed by atoms with Gasteiger partial charge in [0.15, 0.2) is 0 Å². The summed E-state index contributed by atoms with van der Waals surface area (Å²) in [4.78, 5) is 36.8. The molecule has 0 rings (SSSR count). The van der Waals surface area contributed by atoms with Gasteiger partial charge in [-0.2, -0.15) is 0 Å². The van der Waals surface area contributed by atoms with Gasteiger partial charge in [0.2, 0.25) is 0 Å². The summed E-state index contributed by atoms with van der Waals surface area (Å²) in [6, 6.07) is 0. The Hall–Kier alpha value is -1.71. The molecule has 0 radical (unpaired) electrons. The normalized spacial score (nSPS) is 12.4. The van der Waals surface area contributed by atoms with Crippen molar-refractivity contribution in [1.29, 1.82) is 0 Å². The van der Waals surface area contributed by atoms with E-state index < -0.39 is 5.97 Å². The third kappa shape index (κ3) is 35.6. The SMILES string of the molecule is CCCCCCCC/C=C/CCCCCCCC(=O)CC(CCCCCC(=O)O)C(=O)CCCCCCC/C=C/CCCCCCCC. The van der Waals surface area contributed by atoms with Crippen molar-refractivity contribution in [2.24, 2.45) is 5.92 Å². The number of ketones is 2. The number of carbonyl (C=O) groups is 3. The second-order valence-electron chi connectivity index (χ2n) is 14.6. The number of carbonyl (C=O) groups excluding carboxylic acids is 2. The molecule has 0 aromatic carbocycles. The topological polar surface area (TPSA) is 71.4 Å². The second kappa shape index (κ2) is 38.1. The van der Waals surface area contributed by atoms with E-state index in [4.69, 9.17) is 5.11 Å². The van der Waals surface area contributed by atoms with Crippen LogP contribution >= 0.6 is 0 Å². The van der Waals surface area contributed by atoms with Crippen molar-refractivity contribution in [3.63, 3.8) is 0 Å². The highest BCUT2D eigenvalue weighted by Gasteiger charge is 2.21. The molecule has 0 amide bonds. The van der Waals surface area contributed by atoms with Gasteiger partial charge in [-0.25, -0.2) is 0 Å². The molecule has 0 heterocycles. The predicted octanol–water partition coefficient (Wildman–Crippen LogP) is 14.2. The molecule has 4 nitrogen and oxygen atoms in total. The summed E-state index contributed by atoms with van der Waals surface area (Å²) in [5.41, 5.74) is 0. The summed E-state index contributed by atoms with van der Waals surface area (Å²) in [7, 11) is 0. The average Bonchev–Trinajstić information content (AvgIpc) is 3.07. The molecule has 0 saturated carbocycles. The second-order valence-corrected chi connectivity index (χ2v) is 14.6. The third-order valence-electron chi connectivity index (χ3n) is 9.78. The standard InChI is InChI=1S/C44H80O4/c1-3-5-7-9-11-13-15-17-19-21-23-25-27-29-33-37-42(45)40-41(36-32-31-35-39-44(47)48)43(46)38-34-30-28-26-24-22-20-18-16-14-12-10-8-6-4-2/h17-20,41H,3-16,21-40H2,1-2H3,(H,47,48)/b19-17+,20-18+. The number of carboxylic acid groups (broad SMARTS) is 1. The molecular formula is C44H80O4. The van der Waals surface area contributed by atoms with E-state index in [-0.39, 0.29) is 23.9 Å². The number of unbranched alkanes of at least 4 members (excludes halogenated alkanes) is 24. The number of aliphatic carboxylic acids is 1. The maximum absolute atomic E-state index is 13.1. The van der Waals surface area contributed by atoms with Gasteiger partial charge in [-0.1, -0.05) is 154 Å². The molecular weight excluding hydrogens is 592 g/mol. The molecule has 1 N–H and O–H groups in total. The number of Topliss-reactive ketones (excluding diaryl/α,β-unsaturated/α-hetero) is 2. The Morgan fingerprint density at radius 1 is 0.438 bits per heavy atom. The van der Waals surface area contributed by atoms with Gasteiger partial charge in [0.1, 0.15) is 11.6 Å². The van der Waals surface area contributed by atoms with Crippen LogP contribution in [0.5, 0.6) is 0 Å². The Labute approximate surface area is 298 Å². The van der Waals surface area contributed by atoms with Crippen LogP contribution in [-0.2, 0) is 14.4 Å². The molecule has 0 bridgehead atoms. The largest absolute Gasteiger partial charge is 0.481 e. The fraction of sp³-hybridized carbons (Fsp3) is 0.841. The number of allylic oxidation sites excluding steroid dienone is 4. The first-order valence-electron chi connectivity index (χ1n) is 21.1. The molecule has 280 valence electrons. The zero-order valence-electron chi connectivity index (χ0n) is 32.1. The van der Waals surface area contributed by atoms with E-state index >= 15 is 0 Å². The van der Waals surface area contributed by atoms with Crippen LogP contribution in [0.1, 0.15) is 232 Å². The fourth-order valence-corrected chi connectivity index (χ4v) is 6.56.